The van der Waals surface area contributed by atoms with E-state index < -0.39 is 21.4 Å². The number of para-hydroxylation sites is 1. The summed E-state index contributed by atoms with van der Waals surface area (Å²) < 4.78 is 41.9. The molecule has 0 saturated carbocycles. The molecule has 0 radical (unpaired) electrons. The van der Waals surface area contributed by atoms with Crippen LogP contribution in [0.2, 0.25) is 0 Å². The van der Waals surface area contributed by atoms with Crippen LogP contribution in [0.15, 0.2) is 49.1 Å². The Labute approximate surface area is 214 Å². The molecular formula is C24H27N7O5S. The molecular weight excluding hydrogens is 498 g/mol. The lowest BCUT2D eigenvalue weighted by molar-refractivity contribution is 0.171. The number of hydrogen-bond acceptors (Lipinski definition) is 10. The average Bonchev–Trinajstić information content (AvgIpc) is 3.29. The maximum atomic E-state index is 13.4. The number of sulfonamides is 1. The number of pyridine rings is 1. The van der Waals surface area contributed by atoms with Crippen molar-refractivity contribution in [3.8, 4) is 28.6 Å². The molecule has 13 heteroatoms. The maximum absolute atomic E-state index is 13.4. The molecule has 0 unspecified atom stereocenters. The Morgan fingerprint density at radius 1 is 1.00 bits per heavy atom. The zero-order valence-electron chi connectivity index (χ0n) is 20.9. The maximum Gasteiger partial charge on any atom is 0.243 e. The molecule has 2 N–H and O–H groups in total. The highest BCUT2D eigenvalue weighted by molar-refractivity contribution is 7.93. The minimum Gasteiger partial charge on any atom is -0.494 e. The minimum atomic E-state index is -4.21. The topological polar surface area (TPSA) is 154 Å². The Morgan fingerprint density at radius 3 is 2.30 bits per heavy atom. The molecule has 0 aliphatic carbocycles. The van der Waals surface area contributed by atoms with Crippen LogP contribution in [-0.2, 0) is 10.0 Å². The van der Waals surface area contributed by atoms with Crippen molar-refractivity contribution >= 4 is 16.0 Å². The third-order valence-electron chi connectivity index (χ3n) is 5.69. The van der Waals surface area contributed by atoms with Crippen molar-refractivity contribution in [2.45, 2.75) is 32.1 Å². The predicted molar refractivity (Wildman–Crippen MR) is 136 cm³/mol. The molecule has 3 aromatic heterocycles. The van der Waals surface area contributed by atoms with E-state index in [2.05, 4.69) is 29.9 Å². The third-order valence-corrected chi connectivity index (χ3v) is 7.40. The summed E-state index contributed by atoms with van der Waals surface area (Å²) in [5, 5.41) is 17.8. The second-order valence-electron chi connectivity index (χ2n) is 8.32. The van der Waals surface area contributed by atoms with Crippen molar-refractivity contribution in [1.29, 1.82) is 0 Å². The predicted octanol–water partition coefficient (Wildman–Crippen LogP) is 2.62. The Morgan fingerprint density at radius 2 is 1.70 bits per heavy atom. The molecule has 0 aliphatic rings. The van der Waals surface area contributed by atoms with E-state index in [0.717, 1.165) is 5.56 Å². The van der Waals surface area contributed by atoms with Crippen LogP contribution in [0.4, 0.5) is 5.95 Å². The number of nitrogens with one attached hydrogen (secondary N) is 1. The number of ether oxygens (including phenoxy) is 2. The van der Waals surface area contributed by atoms with Crippen LogP contribution in [0, 0.1) is 13.8 Å². The van der Waals surface area contributed by atoms with Crippen LogP contribution in [-0.4, -0.2) is 62.7 Å². The van der Waals surface area contributed by atoms with Gasteiger partial charge in [-0.2, -0.15) is 0 Å². The van der Waals surface area contributed by atoms with Crippen LogP contribution in [0.3, 0.4) is 0 Å². The van der Waals surface area contributed by atoms with Gasteiger partial charge in [-0.15, -0.1) is 10.2 Å². The molecule has 37 heavy (non-hydrogen) atoms. The highest BCUT2D eigenvalue weighted by Crippen LogP contribution is 2.38. The number of anilines is 1. The van der Waals surface area contributed by atoms with Gasteiger partial charge in [0.15, 0.2) is 5.82 Å². The van der Waals surface area contributed by atoms with Gasteiger partial charge in [-0.1, -0.05) is 6.07 Å². The number of benzene rings is 1. The number of aryl methyl sites for hydroxylation is 2. The van der Waals surface area contributed by atoms with Crippen molar-refractivity contribution in [3.63, 3.8) is 0 Å². The average molecular weight is 526 g/mol. The van der Waals surface area contributed by atoms with E-state index in [0.29, 0.717) is 34.3 Å². The molecule has 4 rings (SSSR count). The molecule has 2 atom stereocenters. The molecule has 1 aromatic carbocycles. The highest BCUT2D eigenvalue weighted by Gasteiger charge is 2.33. The second kappa shape index (κ2) is 10.5. The smallest absolute Gasteiger partial charge is 0.243 e. The van der Waals surface area contributed by atoms with Crippen LogP contribution in [0.5, 0.6) is 11.5 Å². The standard InChI is InChI=1S/C24H27N7O5S/c1-14-9-17(12-25-10-14)23-28-29-24(31(23)21-19(35-4)7-6-8-20(21)36-5)30-37(33,34)16(3)22(32)18-13-26-15(2)11-27-18/h6-13,16,22,32H,1-5H3,(H,29,30)/t16-,22-/m0/s1. The number of methoxy groups -OCH3 is 2. The first kappa shape index (κ1) is 26.0. The van der Waals surface area contributed by atoms with E-state index in [-0.39, 0.29) is 11.6 Å². The van der Waals surface area contributed by atoms with E-state index in [9.17, 15) is 13.5 Å². The van der Waals surface area contributed by atoms with E-state index in [1.807, 2.05) is 13.0 Å². The quantitative estimate of drug-likeness (QED) is 0.333. The molecule has 3 heterocycles. The molecule has 0 aliphatic heterocycles. The third kappa shape index (κ3) is 5.22. The zero-order valence-corrected chi connectivity index (χ0v) is 21.8. The fraction of sp³-hybridized carbons (Fsp3) is 0.292. The second-order valence-corrected chi connectivity index (χ2v) is 10.4. The largest absolute Gasteiger partial charge is 0.494 e. The fourth-order valence-electron chi connectivity index (χ4n) is 3.66. The first-order chi connectivity index (χ1) is 17.7. The van der Waals surface area contributed by atoms with Gasteiger partial charge in [-0.25, -0.2) is 8.42 Å². The summed E-state index contributed by atoms with van der Waals surface area (Å²) >= 11 is 0. The van der Waals surface area contributed by atoms with Crippen LogP contribution in [0.1, 0.15) is 30.0 Å². The Kier molecular flexibility index (Phi) is 7.36. The molecule has 0 amide bonds. The fourth-order valence-corrected chi connectivity index (χ4v) is 4.72. The van der Waals surface area contributed by atoms with Gasteiger partial charge in [-0.3, -0.25) is 24.2 Å². The number of rotatable bonds is 9. The number of aromatic nitrogens is 6. The van der Waals surface area contributed by atoms with Crippen molar-refractivity contribution in [2.24, 2.45) is 0 Å². The van der Waals surface area contributed by atoms with Crippen LogP contribution >= 0.6 is 0 Å². The molecule has 0 fully saturated rings. The van der Waals surface area contributed by atoms with Gasteiger partial charge in [0, 0.05) is 24.2 Å². The summed E-state index contributed by atoms with van der Waals surface area (Å²) in [5.41, 5.74) is 2.61. The number of nitrogens with zero attached hydrogens (tertiary/aromatic N) is 6. The van der Waals surface area contributed by atoms with Crippen molar-refractivity contribution in [2.75, 3.05) is 18.9 Å². The molecule has 0 spiro atoms. The summed E-state index contributed by atoms with van der Waals surface area (Å²) in [7, 11) is -1.23. The monoisotopic (exact) mass is 525 g/mol. The summed E-state index contributed by atoms with van der Waals surface area (Å²) in [6.07, 6.45) is 4.64. The van der Waals surface area contributed by atoms with Gasteiger partial charge in [0.1, 0.15) is 28.5 Å². The number of aliphatic hydroxyl groups is 1. The number of hydrogen-bond donors (Lipinski definition) is 2. The lowest BCUT2D eigenvalue weighted by Crippen LogP contribution is -2.32. The van der Waals surface area contributed by atoms with E-state index in [1.54, 1.807) is 37.5 Å². The van der Waals surface area contributed by atoms with Gasteiger partial charge in [-0.05, 0) is 44.5 Å². The molecule has 0 bridgehead atoms. The lowest BCUT2D eigenvalue weighted by Gasteiger charge is -2.21. The highest BCUT2D eigenvalue weighted by atomic mass is 32.2. The zero-order chi connectivity index (χ0) is 26.7. The van der Waals surface area contributed by atoms with E-state index in [4.69, 9.17) is 9.47 Å². The summed E-state index contributed by atoms with van der Waals surface area (Å²) in [6.45, 7) is 4.98. The van der Waals surface area contributed by atoms with Crippen molar-refractivity contribution < 1.29 is 23.0 Å². The first-order valence-electron chi connectivity index (χ1n) is 11.2. The Hall–Kier alpha value is -4.10. The summed E-state index contributed by atoms with van der Waals surface area (Å²) in [5.74, 6) is 0.955. The van der Waals surface area contributed by atoms with Gasteiger partial charge in [0.2, 0.25) is 16.0 Å². The lowest BCUT2D eigenvalue weighted by atomic mass is 10.2. The van der Waals surface area contributed by atoms with Gasteiger partial charge >= 0.3 is 0 Å². The van der Waals surface area contributed by atoms with E-state index >= 15 is 0 Å². The summed E-state index contributed by atoms with van der Waals surface area (Å²) in [4.78, 5) is 12.4. The van der Waals surface area contributed by atoms with Gasteiger partial charge in [0.25, 0.3) is 0 Å². The van der Waals surface area contributed by atoms with Crippen LogP contribution < -0.4 is 14.2 Å². The Bertz CT molecular complexity index is 1480. The number of aliphatic hydroxyl groups excluding tert-OH is 1. The normalized spacial score (nSPS) is 13.1. The molecule has 12 nitrogen and oxygen atoms in total. The van der Waals surface area contributed by atoms with Gasteiger partial charge in [0.05, 0.1) is 31.8 Å². The molecule has 194 valence electrons. The molecule has 4 aromatic rings. The van der Waals surface area contributed by atoms with Crippen molar-refractivity contribution in [1.82, 2.24) is 29.7 Å². The van der Waals surface area contributed by atoms with Gasteiger partial charge < -0.3 is 14.6 Å². The van der Waals surface area contributed by atoms with E-state index in [1.165, 1.54) is 38.1 Å². The summed E-state index contributed by atoms with van der Waals surface area (Å²) in [6, 6.07) is 6.99. The Balaban J connectivity index is 1.83. The van der Waals surface area contributed by atoms with Crippen LogP contribution in [0.25, 0.3) is 17.1 Å². The first-order valence-corrected chi connectivity index (χ1v) is 12.8. The van der Waals surface area contributed by atoms with Crippen molar-refractivity contribution in [3.05, 3.63) is 66.0 Å². The SMILES string of the molecule is COc1cccc(OC)c1-n1c(NS(=O)(=O)[C@@H](C)[C@H](O)c2cnc(C)cn2)nnc1-c1cncc(C)c1. The molecule has 0 saturated heterocycles. The minimum absolute atomic E-state index is 0.128.